The molecule has 0 saturated carbocycles. The number of carbonyl (C=O) groups excluding carboxylic acids is 3. The Morgan fingerprint density at radius 2 is 1.68 bits per heavy atom. The molecular formula is C27H39FN4O5. The zero-order valence-corrected chi connectivity index (χ0v) is 23.2. The first-order valence-electron chi connectivity index (χ1n) is 12.3. The maximum Gasteiger partial charge on any atom is 0.437 e. The lowest BCUT2D eigenvalue weighted by atomic mass is 9.95. The molecule has 0 fully saturated rings. The minimum Gasteiger partial charge on any atom is -0.444 e. The highest BCUT2D eigenvalue weighted by Gasteiger charge is 2.25. The van der Waals surface area contributed by atoms with Crippen LogP contribution in [0, 0.1) is 12.7 Å². The number of guanidine groups is 1. The van der Waals surface area contributed by atoms with Crippen molar-refractivity contribution in [3.8, 4) is 0 Å². The van der Waals surface area contributed by atoms with E-state index in [0.29, 0.717) is 30.6 Å². The van der Waals surface area contributed by atoms with Crippen LogP contribution in [0.25, 0.3) is 5.57 Å². The molecule has 2 rings (SSSR count). The molecule has 204 valence electrons. The maximum atomic E-state index is 14.9. The van der Waals surface area contributed by atoms with Gasteiger partial charge in [0.25, 0.3) is 5.91 Å². The highest BCUT2D eigenvalue weighted by molar-refractivity contribution is 5.99. The van der Waals surface area contributed by atoms with Crippen LogP contribution in [0.5, 0.6) is 0 Å². The number of amides is 3. The fraction of sp³-hybridized carbons (Fsp3) is 0.556. The molecule has 0 atom stereocenters. The average molecular weight is 519 g/mol. The number of carbonyl (C=O) groups is 3. The zero-order chi connectivity index (χ0) is 28.1. The Bertz CT molecular complexity index is 1070. The first kappa shape index (κ1) is 29.8. The molecule has 1 heterocycles. The van der Waals surface area contributed by atoms with Crippen LogP contribution in [0.4, 0.5) is 14.0 Å². The van der Waals surface area contributed by atoms with Crippen molar-refractivity contribution in [2.24, 2.45) is 4.99 Å². The SMILES string of the molecule is Cc1cc(C2=CCN(C(=NC(=O)OC(C)(C)C)NC(=O)OC(C)(C)C)CC2)cc(F)c1C(=O)NC(C)C. The Balaban J connectivity index is 2.27. The van der Waals surface area contributed by atoms with Gasteiger partial charge in [-0.15, -0.1) is 4.99 Å². The van der Waals surface area contributed by atoms with Crippen molar-refractivity contribution in [1.82, 2.24) is 15.5 Å². The van der Waals surface area contributed by atoms with E-state index in [1.807, 2.05) is 19.9 Å². The second-order valence-electron chi connectivity index (χ2n) is 11.2. The predicted octanol–water partition coefficient (Wildman–Crippen LogP) is 5.18. The number of hydrogen-bond donors (Lipinski definition) is 2. The van der Waals surface area contributed by atoms with E-state index >= 15 is 0 Å². The third kappa shape index (κ3) is 9.51. The van der Waals surface area contributed by atoms with Crippen molar-refractivity contribution in [2.75, 3.05) is 13.1 Å². The number of benzene rings is 1. The Labute approximate surface area is 218 Å². The van der Waals surface area contributed by atoms with E-state index in [4.69, 9.17) is 9.47 Å². The Morgan fingerprint density at radius 3 is 2.16 bits per heavy atom. The monoisotopic (exact) mass is 518 g/mol. The largest absolute Gasteiger partial charge is 0.444 e. The molecule has 0 saturated heterocycles. The van der Waals surface area contributed by atoms with Gasteiger partial charge in [0.2, 0.25) is 5.96 Å². The van der Waals surface area contributed by atoms with Crippen LogP contribution >= 0.6 is 0 Å². The number of aliphatic imine (C=N–C) groups is 1. The third-order valence-corrected chi connectivity index (χ3v) is 5.02. The summed E-state index contributed by atoms with van der Waals surface area (Å²) in [7, 11) is 0. The number of rotatable bonds is 3. The molecule has 37 heavy (non-hydrogen) atoms. The molecular weight excluding hydrogens is 479 g/mol. The average Bonchev–Trinajstić information content (AvgIpc) is 2.69. The van der Waals surface area contributed by atoms with Crippen LogP contribution in [0.15, 0.2) is 23.2 Å². The van der Waals surface area contributed by atoms with Crippen molar-refractivity contribution >= 4 is 29.6 Å². The zero-order valence-electron chi connectivity index (χ0n) is 23.2. The fourth-order valence-corrected chi connectivity index (χ4v) is 3.62. The molecule has 2 N–H and O–H groups in total. The number of ether oxygens (including phenoxy) is 2. The van der Waals surface area contributed by atoms with Gasteiger partial charge in [-0.25, -0.2) is 14.0 Å². The molecule has 1 aromatic rings. The van der Waals surface area contributed by atoms with Crippen molar-refractivity contribution < 1.29 is 28.2 Å². The first-order valence-corrected chi connectivity index (χ1v) is 12.3. The number of aryl methyl sites for hydroxylation is 1. The molecule has 1 aromatic carbocycles. The van der Waals surface area contributed by atoms with E-state index in [2.05, 4.69) is 15.6 Å². The van der Waals surface area contributed by atoms with Gasteiger partial charge in [-0.05, 0) is 91.5 Å². The Morgan fingerprint density at radius 1 is 1.05 bits per heavy atom. The van der Waals surface area contributed by atoms with E-state index in [1.54, 1.807) is 59.4 Å². The van der Waals surface area contributed by atoms with E-state index in [1.165, 1.54) is 6.07 Å². The third-order valence-electron chi connectivity index (χ3n) is 5.02. The minimum absolute atomic E-state index is 0.00173. The summed E-state index contributed by atoms with van der Waals surface area (Å²) in [4.78, 5) is 42.8. The lowest BCUT2D eigenvalue weighted by molar-refractivity contribution is 0.0554. The standard InChI is InChI=1S/C27H39FN4O5/c1-16(2)29-22(33)21-17(3)14-19(15-20(21)28)18-10-12-32(13-11-18)23(30-24(34)36-26(4,5)6)31-25(35)37-27(7,8)9/h10,14-16H,11-13H2,1-9H3,(H,29,33)(H,30,31,34,35). The molecule has 0 aromatic heterocycles. The number of hydrogen-bond acceptors (Lipinski definition) is 5. The van der Waals surface area contributed by atoms with Gasteiger partial charge >= 0.3 is 12.2 Å². The van der Waals surface area contributed by atoms with Gasteiger partial charge in [-0.2, -0.15) is 0 Å². The molecule has 3 amide bonds. The van der Waals surface area contributed by atoms with Crippen molar-refractivity contribution in [3.63, 3.8) is 0 Å². The van der Waals surface area contributed by atoms with Gasteiger partial charge in [-0.1, -0.05) is 12.1 Å². The summed E-state index contributed by atoms with van der Waals surface area (Å²) in [5, 5.41) is 5.27. The minimum atomic E-state index is -0.846. The lowest BCUT2D eigenvalue weighted by Gasteiger charge is -2.30. The smallest absolute Gasteiger partial charge is 0.437 e. The molecule has 9 nitrogen and oxygen atoms in total. The highest BCUT2D eigenvalue weighted by atomic mass is 19.1. The topological polar surface area (TPSA) is 109 Å². The summed E-state index contributed by atoms with van der Waals surface area (Å²) < 4.78 is 25.5. The molecule has 0 unspecified atom stereocenters. The lowest BCUT2D eigenvalue weighted by Crippen LogP contribution is -2.48. The fourth-order valence-electron chi connectivity index (χ4n) is 3.62. The molecule has 1 aliphatic heterocycles. The highest BCUT2D eigenvalue weighted by Crippen LogP contribution is 2.27. The molecule has 0 bridgehead atoms. The Kier molecular flexibility index (Phi) is 9.46. The number of nitrogens with one attached hydrogen (secondary N) is 2. The van der Waals surface area contributed by atoms with Crippen LogP contribution in [0.2, 0.25) is 0 Å². The van der Waals surface area contributed by atoms with Gasteiger partial charge in [0, 0.05) is 19.1 Å². The summed E-state index contributed by atoms with van der Waals surface area (Å²) in [6.45, 7) is 16.4. The second-order valence-corrected chi connectivity index (χ2v) is 11.2. The van der Waals surface area contributed by atoms with Gasteiger partial charge in [0.05, 0.1) is 5.56 Å². The summed E-state index contributed by atoms with van der Waals surface area (Å²) in [6.07, 6.45) is 0.756. The molecule has 0 radical (unpaired) electrons. The second kappa shape index (κ2) is 11.7. The number of alkyl carbamates (subject to hydrolysis) is 1. The van der Waals surface area contributed by atoms with Crippen molar-refractivity contribution in [1.29, 1.82) is 0 Å². The number of nitrogens with zero attached hydrogens (tertiary/aromatic N) is 2. The maximum absolute atomic E-state index is 14.9. The molecule has 10 heteroatoms. The summed E-state index contributed by atoms with van der Waals surface area (Å²) >= 11 is 0. The van der Waals surface area contributed by atoms with E-state index in [-0.39, 0.29) is 17.6 Å². The van der Waals surface area contributed by atoms with Gasteiger partial charge in [-0.3, -0.25) is 10.1 Å². The van der Waals surface area contributed by atoms with Gasteiger partial charge in [0.15, 0.2) is 0 Å². The van der Waals surface area contributed by atoms with Crippen LogP contribution in [0.1, 0.15) is 83.3 Å². The van der Waals surface area contributed by atoms with Crippen molar-refractivity contribution in [3.05, 3.63) is 40.7 Å². The molecule has 1 aliphatic rings. The van der Waals surface area contributed by atoms with E-state index in [0.717, 1.165) is 5.57 Å². The summed E-state index contributed by atoms with van der Waals surface area (Å²) in [5.74, 6) is -1.03. The van der Waals surface area contributed by atoms with Crippen LogP contribution < -0.4 is 10.6 Å². The van der Waals surface area contributed by atoms with Crippen molar-refractivity contribution in [2.45, 2.75) is 86.0 Å². The Hall–Kier alpha value is -3.43. The van der Waals surface area contributed by atoms with Gasteiger partial charge in [0.1, 0.15) is 17.0 Å². The molecule has 0 aliphatic carbocycles. The summed E-state index contributed by atoms with van der Waals surface area (Å²) in [5.41, 5.74) is 0.617. The van der Waals surface area contributed by atoms with Crippen LogP contribution in [-0.2, 0) is 9.47 Å². The normalized spacial score (nSPS) is 14.7. The predicted molar refractivity (Wildman–Crippen MR) is 141 cm³/mol. The van der Waals surface area contributed by atoms with Crippen LogP contribution in [0.3, 0.4) is 0 Å². The van der Waals surface area contributed by atoms with Crippen LogP contribution in [-0.4, -0.2) is 59.3 Å². The number of halogens is 1. The van der Waals surface area contributed by atoms with E-state index in [9.17, 15) is 18.8 Å². The van der Waals surface area contributed by atoms with E-state index < -0.39 is 35.1 Å². The summed E-state index contributed by atoms with van der Waals surface area (Å²) in [6, 6.07) is 3.04. The van der Waals surface area contributed by atoms with Gasteiger partial charge < -0.3 is 19.7 Å². The molecule has 0 spiro atoms. The first-order chi connectivity index (χ1) is 16.9. The quantitative estimate of drug-likeness (QED) is 0.422.